The largest absolute Gasteiger partial charge is 0.493 e. The number of aromatic nitrogens is 1. The number of halogens is 2. The molecule has 112 valence electrons. The van der Waals surface area contributed by atoms with Crippen molar-refractivity contribution in [1.82, 2.24) is 4.98 Å². The number of carbonyl (C=O) groups is 1. The fourth-order valence-electron chi connectivity index (χ4n) is 1.83. The van der Waals surface area contributed by atoms with Gasteiger partial charge in [-0.3, -0.25) is 4.79 Å². The number of nitrogens with zero attached hydrogens (tertiary/aromatic N) is 2. The lowest BCUT2D eigenvalue weighted by atomic mass is 10.0. The summed E-state index contributed by atoms with van der Waals surface area (Å²) in [6, 6.07) is 11.1. The predicted molar refractivity (Wildman–Crippen MR) is 74.9 cm³/mol. The molecule has 0 saturated carbocycles. The number of ether oxygens (including phenoxy) is 1. The van der Waals surface area contributed by atoms with E-state index in [2.05, 4.69) is 4.98 Å². The van der Waals surface area contributed by atoms with Crippen molar-refractivity contribution in [3.8, 4) is 11.8 Å². The second kappa shape index (κ2) is 7.27. The van der Waals surface area contributed by atoms with Gasteiger partial charge in [0.15, 0.2) is 11.5 Å². The molecule has 2 rings (SSSR count). The number of hydrogen-bond acceptors (Lipinski definition) is 4. The van der Waals surface area contributed by atoms with Crippen molar-refractivity contribution in [1.29, 1.82) is 5.26 Å². The zero-order valence-electron chi connectivity index (χ0n) is 11.5. The van der Waals surface area contributed by atoms with Gasteiger partial charge in [-0.2, -0.15) is 5.26 Å². The van der Waals surface area contributed by atoms with E-state index in [0.717, 1.165) is 0 Å². The van der Waals surface area contributed by atoms with E-state index in [-0.39, 0.29) is 30.1 Å². The van der Waals surface area contributed by atoms with E-state index in [4.69, 9.17) is 10.00 Å². The van der Waals surface area contributed by atoms with Crippen LogP contribution in [0, 0.1) is 11.3 Å². The quantitative estimate of drug-likeness (QED) is 0.769. The van der Waals surface area contributed by atoms with Crippen molar-refractivity contribution in [2.75, 3.05) is 6.61 Å². The summed E-state index contributed by atoms with van der Waals surface area (Å²) in [4.78, 5) is 16.2. The molecule has 1 aromatic heterocycles. The maximum absolute atomic E-state index is 12.4. The van der Waals surface area contributed by atoms with Crippen LogP contribution in [0.25, 0.3) is 0 Å². The van der Waals surface area contributed by atoms with Gasteiger partial charge < -0.3 is 4.74 Å². The molecule has 1 heterocycles. The standard InChI is InChI=1S/C16H12F2N2O2/c17-15(18)6-8-22-12-4-1-3-11(9-12)16(21)13-5-2-7-20-14(13)10-19/h1-5,7,9,15H,6,8H2. The molecule has 6 heteroatoms. The van der Waals surface area contributed by atoms with Crippen LogP contribution in [0.2, 0.25) is 0 Å². The highest BCUT2D eigenvalue weighted by Gasteiger charge is 2.15. The van der Waals surface area contributed by atoms with Crippen LogP contribution in [-0.2, 0) is 0 Å². The number of pyridine rings is 1. The topological polar surface area (TPSA) is 63.0 Å². The Kier molecular flexibility index (Phi) is 5.15. The van der Waals surface area contributed by atoms with Crippen molar-refractivity contribution in [3.05, 3.63) is 59.4 Å². The molecule has 22 heavy (non-hydrogen) atoms. The van der Waals surface area contributed by atoms with Crippen LogP contribution in [0.5, 0.6) is 5.75 Å². The Balaban J connectivity index is 2.19. The van der Waals surface area contributed by atoms with Gasteiger partial charge >= 0.3 is 0 Å². The molecule has 0 spiro atoms. The summed E-state index contributed by atoms with van der Waals surface area (Å²) in [7, 11) is 0. The first-order valence-corrected chi connectivity index (χ1v) is 6.52. The number of alkyl halides is 2. The van der Waals surface area contributed by atoms with Crippen LogP contribution in [0.3, 0.4) is 0 Å². The van der Waals surface area contributed by atoms with Crippen molar-refractivity contribution < 1.29 is 18.3 Å². The third-order valence-corrected chi connectivity index (χ3v) is 2.86. The summed E-state index contributed by atoms with van der Waals surface area (Å²) in [5.74, 6) is -0.0437. The van der Waals surface area contributed by atoms with Gasteiger partial charge in [0.25, 0.3) is 0 Å². The third-order valence-electron chi connectivity index (χ3n) is 2.86. The molecule has 2 aromatic rings. The first kappa shape index (κ1) is 15.6. The molecule has 0 aliphatic heterocycles. The molecule has 4 nitrogen and oxygen atoms in total. The molecule has 0 atom stereocenters. The van der Waals surface area contributed by atoms with Crippen LogP contribution in [0.4, 0.5) is 8.78 Å². The van der Waals surface area contributed by atoms with Gasteiger partial charge in [-0.05, 0) is 24.3 Å². The van der Waals surface area contributed by atoms with Crippen LogP contribution < -0.4 is 4.74 Å². The van der Waals surface area contributed by atoms with E-state index < -0.39 is 6.43 Å². The first-order chi connectivity index (χ1) is 10.6. The van der Waals surface area contributed by atoms with Crippen molar-refractivity contribution in [2.45, 2.75) is 12.8 Å². The molecule has 0 amide bonds. The molecule has 0 unspecified atom stereocenters. The molecule has 0 bridgehead atoms. The average Bonchev–Trinajstić information content (AvgIpc) is 2.54. The lowest BCUT2D eigenvalue weighted by Crippen LogP contribution is -2.07. The van der Waals surface area contributed by atoms with Gasteiger partial charge in [-0.1, -0.05) is 12.1 Å². The molecule has 0 N–H and O–H groups in total. The van der Waals surface area contributed by atoms with Crippen molar-refractivity contribution >= 4 is 5.78 Å². The monoisotopic (exact) mass is 302 g/mol. The molecule has 0 aliphatic carbocycles. The smallest absolute Gasteiger partial charge is 0.241 e. The second-order valence-corrected chi connectivity index (χ2v) is 4.40. The van der Waals surface area contributed by atoms with Crippen molar-refractivity contribution in [3.63, 3.8) is 0 Å². The highest BCUT2D eigenvalue weighted by molar-refractivity contribution is 6.10. The lowest BCUT2D eigenvalue weighted by Gasteiger charge is -2.08. The Hall–Kier alpha value is -2.81. The summed E-state index contributed by atoms with van der Waals surface area (Å²) < 4.78 is 29.3. The normalized spacial score (nSPS) is 10.3. The fraction of sp³-hybridized carbons (Fsp3) is 0.188. The number of carbonyl (C=O) groups excluding carboxylic acids is 1. The van der Waals surface area contributed by atoms with Crippen molar-refractivity contribution in [2.24, 2.45) is 0 Å². The van der Waals surface area contributed by atoms with E-state index in [9.17, 15) is 13.6 Å². The Morgan fingerprint density at radius 2 is 2.14 bits per heavy atom. The molecule has 0 aliphatic rings. The van der Waals surface area contributed by atoms with Gasteiger partial charge in [0, 0.05) is 18.2 Å². The zero-order chi connectivity index (χ0) is 15.9. The summed E-state index contributed by atoms with van der Waals surface area (Å²) in [6.45, 7) is -0.133. The van der Waals surface area contributed by atoms with Gasteiger partial charge in [0.05, 0.1) is 12.2 Å². The van der Waals surface area contributed by atoms with E-state index in [0.29, 0.717) is 11.3 Å². The summed E-state index contributed by atoms with van der Waals surface area (Å²) in [6.07, 6.45) is -1.38. The fourth-order valence-corrected chi connectivity index (χ4v) is 1.83. The van der Waals surface area contributed by atoms with Gasteiger partial charge in [-0.25, -0.2) is 13.8 Å². The molecular formula is C16H12F2N2O2. The zero-order valence-corrected chi connectivity index (χ0v) is 11.5. The lowest BCUT2D eigenvalue weighted by molar-refractivity contribution is 0.103. The minimum Gasteiger partial charge on any atom is -0.493 e. The molecular weight excluding hydrogens is 290 g/mol. The van der Waals surface area contributed by atoms with Gasteiger partial charge in [0.2, 0.25) is 6.43 Å². The number of hydrogen-bond donors (Lipinski definition) is 0. The molecule has 0 radical (unpaired) electrons. The average molecular weight is 302 g/mol. The SMILES string of the molecule is N#Cc1ncccc1C(=O)c1cccc(OCCC(F)F)c1. The molecule has 1 aromatic carbocycles. The van der Waals surface area contributed by atoms with Crippen LogP contribution in [-0.4, -0.2) is 23.8 Å². The van der Waals surface area contributed by atoms with Gasteiger partial charge in [0.1, 0.15) is 11.8 Å². The number of nitriles is 1. The number of rotatable bonds is 6. The Morgan fingerprint density at radius 3 is 2.86 bits per heavy atom. The van der Waals surface area contributed by atoms with Crippen LogP contribution >= 0.6 is 0 Å². The predicted octanol–water partition coefficient (Wildman–Crippen LogP) is 3.22. The van der Waals surface area contributed by atoms with E-state index in [1.54, 1.807) is 24.3 Å². The highest BCUT2D eigenvalue weighted by Crippen LogP contribution is 2.18. The molecule has 0 saturated heterocycles. The summed E-state index contributed by atoms with van der Waals surface area (Å²) in [5.41, 5.74) is 0.533. The molecule has 0 fully saturated rings. The van der Waals surface area contributed by atoms with Gasteiger partial charge in [-0.15, -0.1) is 0 Å². The Labute approximate surface area is 126 Å². The van der Waals surface area contributed by atoms with E-state index in [1.807, 2.05) is 6.07 Å². The summed E-state index contributed by atoms with van der Waals surface area (Å²) in [5, 5.41) is 8.98. The Bertz CT molecular complexity index is 711. The third kappa shape index (κ3) is 3.85. The number of ketones is 1. The first-order valence-electron chi connectivity index (χ1n) is 6.52. The van der Waals surface area contributed by atoms with E-state index >= 15 is 0 Å². The maximum Gasteiger partial charge on any atom is 0.241 e. The Morgan fingerprint density at radius 1 is 1.32 bits per heavy atom. The summed E-state index contributed by atoms with van der Waals surface area (Å²) >= 11 is 0. The number of benzene rings is 1. The highest BCUT2D eigenvalue weighted by atomic mass is 19.3. The minimum absolute atomic E-state index is 0.0384. The van der Waals surface area contributed by atoms with E-state index in [1.165, 1.54) is 18.3 Å². The second-order valence-electron chi connectivity index (χ2n) is 4.40. The van der Waals surface area contributed by atoms with Crippen LogP contribution in [0.15, 0.2) is 42.6 Å². The minimum atomic E-state index is -2.43. The van der Waals surface area contributed by atoms with Crippen LogP contribution in [0.1, 0.15) is 28.0 Å². The maximum atomic E-state index is 12.4.